The van der Waals surface area contributed by atoms with Crippen LogP contribution in [0.25, 0.3) is 12.2 Å². The Morgan fingerprint density at radius 2 is 2.40 bits per heavy atom. The number of hydrogen-bond donors (Lipinski definition) is 1. The van der Waals surface area contributed by atoms with Crippen LogP contribution < -0.4 is 10.6 Å². The molecule has 1 N–H and O–H groups in total. The van der Waals surface area contributed by atoms with Crippen molar-refractivity contribution >= 4 is 12.2 Å². The van der Waals surface area contributed by atoms with E-state index in [9.17, 15) is 0 Å². The third kappa shape index (κ3) is 0.798. The lowest BCUT2D eigenvalue weighted by molar-refractivity contribution is 1.32. The second-order valence-electron chi connectivity index (χ2n) is 2.38. The lowest BCUT2D eigenvalue weighted by atomic mass is 10.3. The van der Waals surface area contributed by atoms with E-state index in [0.717, 1.165) is 6.42 Å². The number of H-pyrrole nitrogens is 1. The molecule has 0 saturated heterocycles. The van der Waals surface area contributed by atoms with Gasteiger partial charge in [0, 0.05) is 11.5 Å². The van der Waals surface area contributed by atoms with E-state index in [0.29, 0.717) is 0 Å². The van der Waals surface area contributed by atoms with E-state index in [-0.39, 0.29) is 0 Å². The topological polar surface area (TPSA) is 15.8 Å². The van der Waals surface area contributed by atoms with Gasteiger partial charge in [-0.15, -0.1) is 0 Å². The van der Waals surface area contributed by atoms with Gasteiger partial charge in [-0.25, -0.2) is 0 Å². The zero-order valence-corrected chi connectivity index (χ0v) is 5.67. The van der Waals surface area contributed by atoms with E-state index >= 15 is 0 Å². The fraction of sp³-hybridized carbons (Fsp3) is 0.111. The maximum atomic E-state index is 3.16. The zero-order valence-electron chi connectivity index (χ0n) is 5.67. The molecule has 0 atom stereocenters. The third-order valence-electron chi connectivity index (χ3n) is 1.69. The lowest BCUT2D eigenvalue weighted by Gasteiger charge is -1.73. The van der Waals surface area contributed by atoms with Gasteiger partial charge in [-0.05, 0) is 23.8 Å². The number of nitrogens with one attached hydrogen (secondary N) is 1. The van der Waals surface area contributed by atoms with Gasteiger partial charge in [0.2, 0.25) is 0 Å². The van der Waals surface area contributed by atoms with Crippen LogP contribution in [0.5, 0.6) is 0 Å². The molecule has 10 heavy (non-hydrogen) atoms. The van der Waals surface area contributed by atoms with Crippen LogP contribution in [-0.4, -0.2) is 4.98 Å². The molecule has 0 bridgehead atoms. The Labute approximate surface area is 59.4 Å². The van der Waals surface area contributed by atoms with Crippen LogP contribution in [0, 0.1) is 0 Å². The zero-order chi connectivity index (χ0) is 6.81. The molecular weight excluding hydrogens is 122 g/mol. The highest BCUT2D eigenvalue weighted by molar-refractivity contribution is 5.42. The fourth-order valence-electron chi connectivity index (χ4n) is 1.15. The standard InChI is InChI=1S/C9H9N/c1-2-4-8-6-7-10-9(8)5-3-1/h1,3-7,10H,2H2. The molecule has 1 aromatic heterocycles. The summed E-state index contributed by atoms with van der Waals surface area (Å²) in [4.78, 5) is 3.16. The van der Waals surface area contributed by atoms with Gasteiger partial charge in [0.05, 0.1) is 0 Å². The smallest absolute Gasteiger partial charge is 0.0450 e. The molecule has 1 nitrogen and oxygen atoms in total. The summed E-state index contributed by atoms with van der Waals surface area (Å²) in [6.45, 7) is 0. The van der Waals surface area contributed by atoms with Gasteiger partial charge in [0.25, 0.3) is 0 Å². The molecule has 1 aromatic rings. The van der Waals surface area contributed by atoms with Gasteiger partial charge in [0.15, 0.2) is 0 Å². The van der Waals surface area contributed by atoms with E-state index in [1.807, 2.05) is 6.20 Å². The highest BCUT2D eigenvalue weighted by Crippen LogP contribution is 1.86. The Bertz CT molecular complexity index is 354. The minimum absolute atomic E-state index is 1.04. The highest BCUT2D eigenvalue weighted by Gasteiger charge is 1.85. The van der Waals surface area contributed by atoms with Crippen molar-refractivity contribution in [3.63, 3.8) is 0 Å². The second kappa shape index (κ2) is 2.18. The largest absolute Gasteiger partial charge is 0.361 e. The molecule has 0 fully saturated rings. The summed E-state index contributed by atoms with van der Waals surface area (Å²) in [5, 5.41) is 2.53. The van der Waals surface area contributed by atoms with Gasteiger partial charge >= 0.3 is 0 Å². The molecule has 1 aliphatic rings. The van der Waals surface area contributed by atoms with Crippen LogP contribution in [0.1, 0.15) is 6.42 Å². The van der Waals surface area contributed by atoms with Crippen molar-refractivity contribution in [3.05, 3.63) is 35.0 Å². The molecule has 0 spiro atoms. The monoisotopic (exact) mass is 131 g/mol. The number of rotatable bonds is 0. The molecule has 0 saturated carbocycles. The first-order valence-corrected chi connectivity index (χ1v) is 3.47. The third-order valence-corrected chi connectivity index (χ3v) is 1.69. The summed E-state index contributed by atoms with van der Waals surface area (Å²) in [5.41, 5.74) is 0. The summed E-state index contributed by atoms with van der Waals surface area (Å²) in [6, 6.07) is 2.10. The SMILES string of the molecule is C1=CCC=c2cc[nH]c2=C1. The molecule has 0 aromatic carbocycles. The summed E-state index contributed by atoms with van der Waals surface area (Å²) in [6.07, 6.45) is 11.6. The van der Waals surface area contributed by atoms with E-state index in [2.05, 4.69) is 35.4 Å². The van der Waals surface area contributed by atoms with Gasteiger partial charge < -0.3 is 4.98 Å². The molecule has 50 valence electrons. The van der Waals surface area contributed by atoms with Crippen LogP contribution in [0.3, 0.4) is 0 Å². The van der Waals surface area contributed by atoms with Gasteiger partial charge in [-0.2, -0.15) is 0 Å². The highest BCUT2D eigenvalue weighted by atomic mass is 14.6. The summed E-state index contributed by atoms with van der Waals surface area (Å²) < 4.78 is 0. The van der Waals surface area contributed by atoms with Crippen LogP contribution in [0.2, 0.25) is 0 Å². The van der Waals surface area contributed by atoms with E-state index < -0.39 is 0 Å². The summed E-state index contributed by atoms with van der Waals surface area (Å²) in [7, 11) is 0. The van der Waals surface area contributed by atoms with E-state index in [4.69, 9.17) is 0 Å². The minimum atomic E-state index is 1.04. The molecule has 0 amide bonds. The first kappa shape index (κ1) is 5.54. The summed E-state index contributed by atoms with van der Waals surface area (Å²) >= 11 is 0. The van der Waals surface area contributed by atoms with Crippen LogP contribution in [0.4, 0.5) is 0 Å². The second-order valence-corrected chi connectivity index (χ2v) is 2.38. The Balaban J connectivity index is 2.82. The average molecular weight is 131 g/mol. The maximum Gasteiger partial charge on any atom is 0.0450 e. The van der Waals surface area contributed by atoms with Crippen molar-refractivity contribution in [2.75, 3.05) is 0 Å². The first-order valence-electron chi connectivity index (χ1n) is 3.47. The number of fused-ring (bicyclic) bond motifs is 1. The van der Waals surface area contributed by atoms with Crippen LogP contribution >= 0.6 is 0 Å². The molecule has 1 heteroatoms. The Hall–Kier alpha value is -1.24. The predicted molar refractivity (Wildman–Crippen MR) is 42.7 cm³/mol. The molecular formula is C9H9N. The Morgan fingerprint density at radius 3 is 3.40 bits per heavy atom. The van der Waals surface area contributed by atoms with Gasteiger partial charge in [-0.1, -0.05) is 18.2 Å². The predicted octanol–water partition coefficient (Wildman–Crippen LogP) is 0.536. The quantitative estimate of drug-likeness (QED) is 0.529. The van der Waals surface area contributed by atoms with Gasteiger partial charge in [0.1, 0.15) is 0 Å². The van der Waals surface area contributed by atoms with Crippen molar-refractivity contribution in [3.8, 4) is 0 Å². The van der Waals surface area contributed by atoms with Crippen molar-refractivity contribution in [1.82, 2.24) is 4.98 Å². The van der Waals surface area contributed by atoms with Crippen molar-refractivity contribution in [2.45, 2.75) is 6.42 Å². The molecule has 0 aliphatic heterocycles. The fourth-order valence-corrected chi connectivity index (χ4v) is 1.15. The van der Waals surface area contributed by atoms with Crippen LogP contribution in [0.15, 0.2) is 24.4 Å². The molecule has 2 rings (SSSR count). The minimum Gasteiger partial charge on any atom is -0.361 e. The maximum absolute atomic E-state index is 3.16. The Kier molecular flexibility index (Phi) is 1.21. The molecule has 0 radical (unpaired) electrons. The van der Waals surface area contributed by atoms with Crippen molar-refractivity contribution in [1.29, 1.82) is 0 Å². The normalized spacial score (nSPS) is 14.8. The number of allylic oxidation sites excluding steroid dienone is 2. The summed E-state index contributed by atoms with van der Waals surface area (Å²) in [5.74, 6) is 0. The number of aromatic amines is 1. The van der Waals surface area contributed by atoms with E-state index in [1.165, 1.54) is 10.6 Å². The lowest BCUT2D eigenvalue weighted by Crippen LogP contribution is -2.20. The Morgan fingerprint density at radius 1 is 1.40 bits per heavy atom. The van der Waals surface area contributed by atoms with Crippen LogP contribution in [-0.2, 0) is 0 Å². The number of hydrogen-bond acceptors (Lipinski definition) is 0. The van der Waals surface area contributed by atoms with Gasteiger partial charge in [-0.3, -0.25) is 0 Å². The van der Waals surface area contributed by atoms with Crippen molar-refractivity contribution < 1.29 is 0 Å². The molecule has 1 heterocycles. The van der Waals surface area contributed by atoms with E-state index in [1.54, 1.807) is 0 Å². The molecule has 0 unspecified atom stereocenters. The average Bonchev–Trinajstić information content (AvgIpc) is 2.28. The van der Waals surface area contributed by atoms with Crippen molar-refractivity contribution in [2.24, 2.45) is 0 Å². The first-order chi connectivity index (χ1) is 4.97. The number of aromatic nitrogens is 1. The molecule has 1 aliphatic carbocycles.